The number of fused-ring (bicyclic) bond motifs is 3. The average Bonchev–Trinajstić information content (AvgIpc) is 2.57. The molecule has 0 aromatic heterocycles. The van der Waals surface area contributed by atoms with Crippen molar-refractivity contribution in [3.8, 4) is 0 Å². The summed E-state index contributed by atoms with van der Waals surface area (Å²) in [4.78, 5) is 0. The molecule has 142 valence electrons. The third-order valence-electron chi connectivity index (χ3n) is 6.07. The van der Waals surface area contributed by atoms with Crippen LogP contribution in [0.4, 0.5) is 13.2 Å². The summed E-state index contributed by atoms with van der Waals surface area (Å²) in [6.07, 6.45) is 0.387. The molecule has 0 radical (unpaired) electrons. The van der Waals surface area contributed by atoms with Crippen molar-refractivity contribution in [1.29, 1.82) is 0 Å². The zero-order valence-electron chi connectivity index (χ0n) is 14.6. The standard InChI is InChI=1S/C19H26F3NO.ClH/c1-3-12(2)23-17-13-7-9-14(10-8-13)18(17,24)15-5-4-6-16(11-15)19(20,21)22;/h4-6,11-14,17,23-24H,3,7-10H2,1-2H3;1H. The van der Waals surface area contributed by atoms with Gasteiger partial charge in [0.25, 0.3) is 0 Å². The first-order chi connectivity index (χ1) is 11.3. The van der Waals surface area contributed by atoms with Gasteiger partial charge >= 0.3 is 6.18 Å². The molecule has 2 nitrogen and oxygen atoms in total. The van der Waals surface area contributed by atoms with Crippen molar-refractivity contribution in [2.24, 2.45) is 11.8 Å². The summed E-state index contributed by atoms with van der Waals surface area (Å²) < 4.78 is 39.3. The summed E-state index contributed by atoms with van der Waals surface area (Å²) >= 11 is 0. The highest BCUT2D eigenvalue weighted by Gasteiger charge is 2.55. The van der Waals surface area contributed by atoms with Crippen LogP contribution in [-0.4, -0.2) is 17.2 Å². The van der Waals surface area contributed by atoms with Crippen molar-refractivity contribution >= 4 is 12.4 Å². The fraction of sp³-hybridized carbons (Fsp3) is 0.684. The smallest absolute Gasteiger partial charge is 0.383 e. The Morgan fingerprint density at radius 1 is 1.24 bits per heavy atom. The van der Waals surface area contributed by atoms with Crippen molar-refractivity contribution in [3.05, 3.63) is 35.4 Å². The number of hydrogen-bond acceptors (Lipinski definition) is 2. The summed E-state index contributed by atoms with van der Waals surface area (Å²) in [5, 5.41) is 15.1. The molecule has 3 aliphatic carbocycles. The monoisotopic (exact) mass is 377 g/mol. The van der Waals surface area contributed by atoms with Gasteiger partial charge in [0.2, 0.25) is 0 Å². The number of aliphatic hydroxyl groups is 1. The molecule has 0 amide bonds. The van der Waals surface area contributed by atoms with Crippen LogP contribution >= 0.6 is 12.4 Å². The van der Waals surface area contributed by atoms with E-state index in [0.29, 0.717) is 11.5 Å². The molecule has 1 aromatic carbocycles. The van der Waals surface area contributed by atoms with Gasteiger partial charge < -0.3 is 10.4 Å². The van der Waals surface area contributed by atoms with E-state index in [2.05, 4.69) is 19.2 Å². The lowest BCUT2D eigenvalue weighted by Gasteiger charge is -2.55. The number of halogens is 4. The third-order valence-corrected chi connectivity index (χ3v) is 6.07. The van der Waals surface area contributed by atoms with Crippen molar-refractivity contribution in [3.63, 3.8) is 0 Å². The van der Waals surface area contributed by atoms with Gasteiger partial charge in [0.1, 0.15) is 5.60 Å². The van der Waals surface area contributed by atoms with Gasteiger partial charge in [-0.1, -0.05) is 19.1 Å². The summed E-state index contributed by atoms with van der Waals surface area (Å²) in [7, 11) is 0. The largest absolute Gasteiger partial charge is 0.416 e. The van der Waals surface area contributed by atoms with Crippen molar-refractivity contribution in [1.82, 2.24) is 5.32 Å². The molecule has 3 aliphatic rings. The van der Waals surface area contributed by atoms with Crippen molar-refractivity contribution in [2.45, 2.75) is 69.8 Å². The lowest BCUT2D eigenvalue weighted by molar-refractivity contribution is -0.141. The number of hydrogen-bond donors (Lipinski definition) is 2. The number of rotatable bonds is 4. The predicted molar refractivity (Wildman–Crippen MR) is 94.7 cm³/mol. The van der Waals surface area contributed by atoms with Gasteiger partial charge in [-0.05, 0) is 68.6 Å². The van der Waals surface area contributed by atoms with E-state index in [1.165, 1.54) is 6.07 Å². The molecule has 0 aliphatic heterocycles. The second-order valence-corrected chi connectivity index (χ2v) is 7.47. The molecule has 3 unspecified atom stereocenters. The molecular weight excluding hydrogens is 351 g/mol. The van der Waals surface area contributed by atoms with E-state index in [1.54, 1.807) is 6.07 Å². The van der Waals surface area contributed by atoms with Gasteiger partial charge in [0, 0.05) is 12.1 Å². The molecule has 4 rings (SSSR count). The molecule has 3 fully saturated rings. The Kier molecular flexibility index (Phi) is 6.12. The van der Waals surface area contributed by atoms with Crippen LogP contribution in [0.3, 0.4) is 0 Å². The highest BCUT2D eigenvalue weighted by atomic mass is 35.5. The number of nitrogens with one attached hydrogen (secondary N) is 1. The molecule has 6 heteroatoms. The minimum Gasteiger partial charge on any atom is -0.383 e. The van der Waals surface area contributed by atoms with Crippen molar-refractivity contribution in [2.75, 3.05) is 0 Å². The van der Waals surface area contributed by atoms with Crippen LogP contribution in [0, 0.1) is 11.8 Å². The maximum absolute atomic E-state index is 13.1. The van der Waals surface area contributed by atoms with E-state index in [1.807, 2.05) is 0 Å². The van der Waals surface area contributed by atoms with E-state index < -0.39 is 17.3 Å². The molecule has 0 saturated heterocycles. The number of alkyl halides is 3. The van der Waals surface area contributed by atoms with E-state index >= 15 is 0 Å². The molecule has 0 heterocycles. The fourth-order valence-electron chi connectivity index (χ4n) is 4.55. The van der Waals surface area contributed by atoms with Crippen molar-refractivity contribution < 1.29 is 18.3 Å². The molecule has 0 spiro atoms. The van der Waals surface area contributed by atoms with Gasteiger partial charge in [-0.3, -0.25) is 0 Å². The molecule has 2 bridgehead atoms. The van der Waals surface area contributed by atoms with E-state index in [-0.39, 0.29) is 30.4 Å². The molecule has 25 heavy (non-hydrogen) atoms. The highest BCUT2D eigenvalue weighted by molar-refractivity contribution is 5.85. The maximum atomic E-state index is 13.1. The van der Waals surface area contributed by atoms with Crippen LogP contribution in [0.1, 0.15) is 57.1 Å². The molecular formula is C19H27ClF3NO. The summed E-state index contributed by atoms with van der Waals surface area (Å²) in [6, 6.07) is 5.34. The molecule has 2 N–H and O–H groups in total. The van der Waals surface area contributed by atoms with Gasteiger partial charge in [-0.15, -0.1) is 12.4 Å². The lowest BCUT2D eigenvalue weighted by atomic mass is 9.57. The summed E-state index contributed by atoms with van der Waals surface area (Å²) in [5.74, 6) is 0.344. The second kappa shape index (κ2) is 7.45. The zero-order chi connectivity index (χ0) is 17.5. The van der Waals surface area contributed by atoms with E-state index in [4.69, 9.17) is 0 Å². The Morgan fingerprint density at radius 3 is 2.44 bits per heavy atom. The van der Waals surface area contributed by atoms with Crippen LogP contribution in [0.2, 0.25) is 0 Å². The Hall–Kier alpha value is -0.780. The van der Waals surface area contributed by atoms with E-state index in [0.717, 1.165) is 44.2 Å². The minimum atomic E-state index is -4.39. The third kappa shape index (κ3) is 3.69. The summed E-state index contributed by atoms with van der Waals surface area (Å²) in [5.41, 5.74) is -1.49. The van der Waals surface area contributed by atoms with Gasteiger partial charge in [0.05, 0.1) is 5.56 Å². The second-order valence-electron chi connectivity index (χ2n) is 7.47. The summed E-state index contributed by atoms with van der Waals surface area (Å²) in [6.45, 7) is 4.14. The first kappa shape index (κ1) is 20.5. The van der Waals surface area contributed by atoms with Crippen LogP contribution < -0.4 is 5.32 Å². The molecule has 1 aromatic rings. The van der Waals surface area contributed by atoms with Gasteiger partial charge in [-0.25, -0.2) is 0 Å². The first-order valence-corrected chi connectivity index (χ1v) is 8.93. The maximum Gasteiger partial charge on any atom is 0.416 e. The Morgan fingerprint density at radius 2 is 1.88 bits per heavy atom. The predicted octanol–water partition coefficient (Wildman–Crippen LogP) is 4.89. The van der Waals surface area contributed by atoms with Crippen LogP contribution in [0.5, 0.6) is 0 Å². The number of benzene rings is 1. The first-order valence-electron chi connectivity index (χ1n) is 8.93. The zero-order valence-corrected chi connectivity index (χ0v) is 15.5. The van der Waals surface area contributed by atoms with Crippen LogP contribution in [0.15, 0.2) is 24.3 Å². The Bertz CT molecular complexity index is 586. The SMILES string of the molecule is CCC(C)NC1C2CCC(CC2)C1(O)c1cccc(C(F)(F)F)c1.Cl. The average molecular weight is 378 g/mol. The quantitative estimate of drug-likeness (QED) is 0.782. The minimum absolute atomic E-state index is 0. The van der Waals surface area contributed by atoms with E-state index in [9.17, 15) is 18.3 Å². The van der Waals surface area contributed by atoms with Crippen LogP contribution in [-0.2, 0) is 11.8 Å². The Balaban J connectivity index is 0.00000225. The highest BCUT2D eigenvalue weighted by Crippen LogP contribution is 2.53. The topological polar surface area (TPSA) is 32.3 Å². The molecule has 3 saturated carbocycles. The lowest BCUT2D eigenvalue weighted by Crippen LogP contribution is -2.63. The Labute approximate surface area is 153 Å². The fourth-order valence-corrected chi connectivity index (χ4v) is 4.55. The van der Waals surface area contributed by atoms with Gasteiger partial charge in [-0.2, -0.15) is 13.2 Å². The molecule has 3 atom stereocenters. The van der Waals surface area contributed by atoms with Crippen LogP contribution in [0.25, 0.3) is 0 Å². The van der Waals surface area contributed by atoms with Gasteiger partial charge in [0.15, 0.2) is 0 Å². The normalized spacial score (nSPS) is 33.0.